The van der Waals surface area contributed by atoms with Gasteiger partial charge in [-0.2, -0.15) is 0 Å². The summed E-state index contributed by atoms with van der Waals surface area (Å²) >= 11 is 9.49. The Morgan fingerprint density at radius 1 is 1.33 bits per heavy atom. The van der Waals surface area contributed by atoms with Crippen molar-refractivity contribution in [1.29, 1.82) is 0 Å². The molecule has 0 fully saturated rings. The second-order valence-corrected chi connectivity index (χ2v) is 4.97. The first kappa shape index (κ1) is 13.2. The summed E-state index contributed by atoms with van der Waals surface area (Å²) in [6, 6.07) is 11.4. The Labute approximate surface area is 119 Å². The lowest BCUT2D eigenvalue weighted by Gasteiger charge is -2.09. The van der Waals surface area contributed by atoms with Gasteiger partial charge in [0.25, 0.3) is 0 Å². The topological polar surface area (TPSA) is 34.1 Å². The molecule has 0 aliphatic carbocycles. The quantitative estimate of drug-likeness (QED) is 0.917. The lowest BCUT2D eigenvalue weighted by Crippen LogP contribution is -2.02. The molecule has 1 aromatic carbocycles. The van der Waals surface area contributed by atoms with Crippen LogP contribution in [0.4, 0.5) is 5.69 Å². The van der Waals surface area contributed by atoms with Crippen molar-refractivity contribution in [3.63, 3.8) is 0 Å². The molecule has 0 unspecified atom stereocenters. The first-order valence-electron chi connectivity index (χ1n) is 5.38. The number of nitrogens with one attached hydrogen (secondary N) is 1. The van der Waals surface area contributed by atoms with Crippen LogP contribution in [0.1, 0.15) is 5.69 Å². The van der Waals surface area contributed by atoms with Gasteiger partial charge >= 0.3 is 0 Å². The molecule has 2 rings (SSSR count). The zero-order chi connectivity index (χ0) is 13.0. The summed E-state index contributed by atoms with van der Waals surface area (Å²) in [7, 11) is 1.60. The number of ether oxygens (including phenoxy) is 1. The highest BCUT2D eigenvalue weighted by atomic mass is 79.9. The number of anilines is 1. The second-order valence-electron chi connectivity index (χ2n) is 3.65. The largest absolute Gasteiger partial charge is 0.481 e. The van der Waals surface area contributed by atoms with E-state index in [9.17, 15) is 0 Å². The van der Waals surface area contributed by atoms with Gasteiger partial charge in [-0.25, -0.2) is 4.98 Å². The standard InChI is InChI=1S/C13H12BrClN2O/c1-18-13-4-2-3-10(17-13)8-16-12-6-5-9(14)7-11(12)15/h2-7,16H,8H2,1H3. The maximum atomic E-state index is 6.12. The number of hydrogen-bond acceptors (Lipinski definition) is 3. The molecule has 0 saturated heterocycles. The minimum absolute atomic E-state index is 0.596. The number of benzene rings is 1. The number of nitrogens with zero attached hydrogens (tertiary/aromatic N) is 1. The van der Waals surface area contributed by atoms with Gasteiger partial charge in [-0.3, -0.25) is 0 Å². The summed E-state index contributed by atoms with van der Waals surface area (Å²) in [5.74, 6) is 0.608. The van der Waals surface area contributed by atoms with Gasteiger partial charge in [0.05, 0.1) is 30.1 Å². The predicted octanol–water partition coefficient (Wildman–Crippen LogP) is 4.12. The van der Waals surface area contributed by atoms with Gasteiger partial charge in [-0.15, -0.1) is 0 Å². The highest BCUT2D eigenvalue weighted by Gasteiger charge is 2.02. The smallest absolute Gasteiger partial charge is 0.213 e. The molecule has 0 bridgehead atoms. The third-order valence-corrected chi connectivity index (χ3v) is 3.19. The van der Waals surface area contributed by atoms with Crippen LogP contribution in [0.15, 0.2) is 40.9 Å². The van der Waals surface area contributed by atoms with Crippen molar-refractivity contribution in [2.75, 3.05) is 12.4 Å². The van der Waals surface area contributed by atoms with Crippen molar-refractivity contribution in [3.8, 4) is 5.88 Å². The van der Waals surface area contributed by atoms with E-state index in [2.05, 4.69) is 26.2 Å². The summed E-state index contributed by atoms with van der Waals surface area (Å²) in [6.07, 6.45) is 0. The van der Waals surface area contributed by atoms with E-state index in [1.165, 1.54) is 0 Å². The SMILES string of the molecule is COc1cccc(CNc2ccc(Br)cc2Cl)n1. The normalized spacial score (nSPS) is 10.2. The molecule has 0 atom stereocenters. The Balaban J connectivity index is 2.06. The van der Waals surface area contributed by atoms with Gasteiger partial charge in [-0.05, 0) is 24.3 Å². The molecule has 18 heavy (non-hydrogen) atoms. The number of aromatic nitrogens is 1. The second kappa shape index (κ2) is 6.07. The Hall–Kier alpha value is -1.26. The van der Waals surface area contributed by atoms with Gasteiger partial charge in [0.1, 0.15) is 0 Å². The van der Waals surface area contributed by atoms with Crippen LogP contribution in [-0.4, -0.2) is 12.1 Å². The van der Waals surface area contributed by atoms with Crippen LogP contribution in [-0.2, 0) is 6.54 Å². The van der Waals surface area contributed by atoms with Gasteiger partial charge in [0.15, 0.2) is 0 Å². The van der Waals surface area contributed by atoms with Crippen LogP contribution >= 0.6 is 27.5 Å². The zero-order valence-electron chi connectivity index (χ0n) is 9.78. The van der Waals surface area contributed by atoms with Gasteiger partial charge in [0.2, 0.25) is 5.88 Å². The highest BCUT2D eigenvalue weighted by Crippen LogP contribution is 2.26. The van der Waals surface area contributed by atoms with E-state index < -0.39 is 0 Å². The van der Waals surface area contributed by atoms with Crippen molar-refractivity contribution in [1.82, 2.24) is 4.98 Å². The van der Waals surface area contributed by atoms with E-state index in [0.717, 1.165) is 15.9 Å². The number of pyridine rings is 1. The lowest BCUT2D eigenvalue weighted by molar-refractivity contribution is 0.396. The molecule has 0 aliphatic heterocycles. The maximum Gasteiger partial charge on any atom is 0.213 e. The first-order valence-corrected chi connectivity index (χ1v) is 6.55. The highest BCUT2D eigenvalue weighted by molar-refractivity contribution is 9.10. The van der Waals surface area contributed by atoms with Crippen molar-refractivity contribution in [2.24, 2.45) is 0 Å². The fraction of sp³-hybridized carbons (Fsp3) is 0.154. The van der Waals surface area contributed by atoms with Crippen LogP contribution in [0.25, 0.3) is 0 Å². The zero-order valence-corrected chi connectivity index (χ0v) is 12.1. The van der Waals surface area contributed by atoms with Crippen LogP contribution in [0, 0.1) is 0 Å². The van der Waals surface area contributed by atoms with Crippen LogP contribution < -0.4 is 10.1 Å². The summed E-state index contributed by atoms with van der Waals surface area (Å²) in [6.45, 7) is 0.596. The molecule has 0 aliphatic rings. The van der Waals surface area contributed by atoms with Crippen molar-refractivity contribution < 1.29 is 4.74 Å². The van der Waals surface area contributed by atoms with Crippen LogP contribution in [0.3, 0.4) is 0 Å². The third-order valence-electron chi connectivity index (χ3n) is 2.38. The van der Waals surface area contributed by atoms with E-state index in [1.54, 1.807) is 7.11 Å². The molecule has 5 heteroatoms. The fourth-order valence-corrected chi connectivity index (χ4v) is 2.23. The Morgan fingerprint density at radius 2 is 2.17 bits per heavy atom. The molecule has 1 N–H and O–H groups in total. The van der Waals surface area contributed by atoms with Crippen LogP contribution in [0.2, 0.25) is 5.02 Å². The molecule has 0 saturated carbocycles. The van der Waals surface area contributed by atoms with Crippen molar-refractivity contribution >= 4 is 33.2 Å². The number of methoxy groups -OCH3 is 1. The molecule has 0 amide bonds. The van der Waals surface area contributed by atoms with E-state index in [-0.39, 0.29) is 0 Å². The average molecular weight is 328 g/mol. The first-order chi connectivity index (χ1) is 8.69. The van der Waals surface area contributed by atoms with Crippen molar-refractivity contribution in [2.45, 2.75) is 6.54 Å². The van der Waals surface area contributed by atoms with Crippen molar-refractivity contribution in [3.05, 3.63) is 51.6 Å². The molecule has 0 radical (unpaired) electrons. The molecule has 2 aromatic rings. The minimum atomic E-state index is 0.596. The molecular weight excluding hydrogens is 316 g/mol. The maximum absolute atomic E-state index is 6.12. The average Bonchev–Trinajstić information content (AvgIpc) is 2.38. The lowest BCUT2D eigenvalue weighted by atomic mass is 10.3. The molecule has 94 valence electrons. The fourth-order valence-electron chi connectivity index (χ4n) is 1.49. The minimum Gasteiger partial charge on any atom is -0.481 e. The van der Waals surface area contributed by atoms with E-state index in [4.69, 9.17) is 16.3 Å². The summed E-state index contributed by atoms with van der Waals surface area (Å²) < 4.78 is 6.03. The Bertz CT molecular complexity index is 548. The van der Waals surface area contributed by atoms with Gasteiger partial charge < -0.3 is 10.1 Å². The number of halogens is 2. The van der Waals surface area contributed by atoms with E-state index in [0.29, 0.717) is 17.4 Å². The summed E-state index contributed by atoms with van der Waals surface area (Å²) in [5.41, 5.74) is 1.78. The van der Waals surface area contributed by atoms with Gasteiger partial charge in [0, 0.05) is 10.5 Å². The number of rotatable bonds is 4. The van der Waals surface area contributed by atoms with E-state index in [1.807, 2.05) is 36.4 Å². The van der Waals surface area contributed by atoms with Gasteiger partial charge in [-0.1, -0.05) is 33.6 Å². The molecule has 0 spiro atoms. The summed E-state index contributed by atoms with van der Waals surface area (Å²) in [5, 5.41) is 3.91. The molecular formula is C13H12BrClN2O. The van der Waals surface area contributed by atoms with Crippen LogP contribution in [0.5, 0.6) is 5.88 Å². The Kier molecular flexibility index (Phi) is 4.44. The van der Waals surface area contributed by atoms with E-state index >= 15 is 0 Å². The predicted molar refractivity (Wildman–Crippen MR) is 77.3 cm³/mol. The monoisotopic (exact) mass is 326 g/mol. The Morgan fingerprint density at radius 3 is 2.89 bits per heavy atom. The summed E-state index contributed by atoms with van der Waals surface area (Å²) in [4.78, 5) is 4.32. The third kappa shape index (κ3) is 3.37. The number of hydrogen-bond donors (Lipinski definition) is 1. The molecule has 1 heterocycles. The molecule has 3 nitrogen and oxygen atoms in total. The molecule has 1 aromatic heterocycles.